The summed E-state index contributed by atoms with van der Waals surface area (Å²) in [6.07, 6.45) is -2.92. The summed E-state index contributed by atoms with van der Waals surface area (Å²) < 4.78 is 35.7. The zero-order valence-electron chi connectivity index (χ0n) is 11.1. The molecule has 20 heavy (non-hydrogen) atoms. The molecule has 1 rings (SSSR count). The Kier molecular flexibility index (Phi) is 6.09. The molecular weight excluding hydrogens is 277 g/mol. The number of amides is 2. The number of halogens is 3. The molecule has 8 heteroatoms. The number of nitrogens with one attached hydrogen (secondary N) is 1. The molecule has 0 aromatic heterocycles. The molecule has 0 radical (unpaired) electrons. The lowest BCUT2D eigenvalue weighted by Crippen LogP contribution is -2.44. The fourth-order valence-corrected chi connectivity index (χ4v) is 1.75. The fraction of sp³-hybridized carbons (Fsp3) is 0.833. The van der Waals surface area contributed by atoms with Gasteiger partial charge >= 0.3 is 18.2 Å². The van der Waals surface area contributed by atoms with E-state index in [9.17, 15) is 22.8 Å². The second kappa shape index (κ2) is 7.35. The number of alkyl halides is 3. The molecule has 0 aliphatic heterocycles. The van der Waals surface area contributed by atoms with E-state index >= 15 is 0 Å². The molecule has 0 bridgehead atoms. The summed E-state index contributed by atoms with van der Waals surface area (Å²) in [7, 11) is 0. The Balaban J connectivity index is 2.21. The molecule has 1 aliphatic carbocycles. The van der Waals surface area contributed by atoms with Crippen LogP contribution >= 0.6 is 0 Å². The topological polar surface area (TPSA) is 69.6 Å². The van der Waals surface area contributed by atoms with Crippen LogP contribution in [0.25, 0.3) is 0 Å². The Morgan fingerprint density at radius 2 is 1.90 bits per heavy atom. The summed E-state index contributed by atoms with van der Waals surface area (Å²) in [6.45, 7) is 0.126. The highest BCUT2D eigenvalue weighted by Gasteiger charge is 2.28. The number of carboxylic acids is 1. The first-order chi connectivity index (χ1) is 9.28. The van der Waals surface area contributed by atoms with E-state index in [1.54, 1.807) is 0 Å². The van der Waals surface area contributed by atoms with Crippen molar-refractivity contribution in [3.63, 3.8) is 0 Å². The second-order valence-electron chi connectivity index (χ2n) is 5.02. The molecule has 0 heterocycles. The molecule has 5 nitrogen and oxygen atoms in total. The van der Waals surface area contributed by atoms with Gasteiger partial charge in [-0.3, -0.25) is 4.79 Å². The second-order valence-corrected chi connectivity index (χ2v) is 5.02. The smallest absolute Gasteiger partial charge is 0.389 e. The van der Waals surface area contributed by atoms with Crippen LogP contribution in [-0.2, 0) is 4.79 Å². The third kappa shape index (κ3) is 7.85. The molecular formula is C12H19F3N2O3. The zero-order chi connectivity index (χ0) is 15.2. The van der Waals surface area contributed by atoms with E-state index in [0.29, 0.717) is 12.5 Å². The van der Waals surface area contributed by atoms with Crippen LogP contribution in [0.4, 0.5) is 18.0 Å². The van der Waals surface area contributed by atoms with Gasteiger partial charge in [-0.2, -0.15) is 13.2 Å². The molecule has 2 amide bonds. The van der Waals surface area contributed by atoms with Gasteiger partial charge in [-0.1, -0.05) is 0 Å². The van der Waals surface area contributed by atoms with E-state index in [2.05, 4.69) is 5.32 Å². The summed E-state index contributed by atoms with van der Waals surface area (Å²) in [5.74, 6) is -0.747. The number of carbonyl (C=O) groups excluding carboxylic acids is 1. The zero-order valence-corrected chi connectivity index (χ0v) is 11.1. The van der Waals surface area contributed by atoms with Gasteiger partial charge in [-0.05, 0) is 31.6 Å². The van der Waals surface area contributed by atoms with Crippen molar-refractivity contribution in [1.82, 2.24) is 10.2 Å². The van der Waals surface area contributed by atoms with Gasteiger partial charge in [-0.15, -0.1) is 0 Å². The van der Waals surface area contributed by atoms with Crippen LogP contribution < -0.4 is 5.32 Å². The number of nitrogens with zero attached hydrogens (tertiary/aromatic N) is 1. The van der Waals surface area contributed by atoms with Crippen molar-refractivity contribution in [2.24, 2.45) is 5.92 Å². The van der Waals surface area contributed by atoms with Crippen LogP contribution in [0.1, 0.15) is 32.1 Å². The van der Waals surface area contributed by atoms with E-state index in [1.807, 2.05) is 0 Å². The highest BCUT2D eigenvalue weighted by Crippen LogP contribution is 2.29. The normalized spacial score (nSPS) is 14.9. The molecule has 1 saturated carbocycles. The van der Waals surface area contributed by atoms with Gasteiger partial charge in [-0.25, -0.2) is 4.79 Å². The summed E-state index contributed by atoms with van der Waals surface area (Å²) in [5, 5.41) is 11.2. The predicted octanol–water partition coefficient (Wildman–Crippen LogP) is 2.23. The Labute approximate surface area is 115 Å². The van der Waals surface area contributed by atoms with Crippen molar-refractivity contribution in [3.8, 4) is 0 Å². The number of rotatable bonds is 8. The third-order valence-electron chi connectivity index (χ3n) is 2.95. The Morgan fingerprint density at radius 1 is 1.25 bits per heavy atom. The maximum absolute atomic E-state index is 11.9. The van der Waals surface area contributed by atoms with Crippen LogP contribution in [-0.4, -0.2) is 47.8 Å². The molecule has 1 aliphatic rings. The highest BCUT2D eigenvalue weighted by molar-refractivity contribution is 5.80. The van der Waals surface area contributed by atoms with Gasteiger partial charge < -0.3 is 15.3 Å². The van der Waals surface area contributed by atoms with Gasteiger partial charge in [0, 0.05) is 19.5 Å². The van der Waals surface area contributed by atoms with Gasteiger partial charge in [0.1, 0.15) is 6.54 Å². The van der Waals surface area contributed by atoms with E-state index in [4.69, 9.17) is 5.11 Å². The number of carbonyl (C=O) groups is 2. The summed E-state index contributed by atoms with van der Waals surface area (Å²) >= 11 is 0. The van der Waals surface area contributed by atoms with Crippen molar-refractivity contribution in [2.45, 2.75) is 38.3 Å². The van der Waals surface area contributed by atoms with Crippen LogP contribution in [0, 0.1) is 5.92 Å². The van der Waals surface area contributed by atoms with Crippen molar-refractivity contribution >= 4 is 12.0 Å². The van der Waals surface area contributed by atoms with E-state index < -0.39 is 24.6 Å². The monoisotopic (exact) mass is 296 g/mol. The maximum atomic E-state index is 11.9. The predicted molar refractivity (Wildman–Crippen MR) is 65.2 cm³/mol. The van der Waals surface area contributed by atoms with Crippen molar-refractivity contribution < 1.29 is 27.9 Å². The third-order valence-corrected chi connectivity index (χ3v) is 2.95. The summed E-state index contributed by atoms with van der Waals surface area (Å²) in [6, 6.07) is -0.522. The first-order valence-electron chi connectivity index (χ1n) is 6.59. The van der Waals surface area contributed by atoms with Crippen LogP contribution in [0.3, 0.4) is 0 Å². The molecule has 116 valence electrons. The number of carboxylic acid groups (broad SMARTS) is 1. The minimum absolute atomic E-state index is 0.0503. The van der Waals surface area contributed by atoms with Crippen molar-refractivity contribution in [2.75, 3.05) is 19.6 Å². The van der Waals surface area contributed by atoms with Gasteiger partial charge in [0.05, 0.1) is 0 Å². The van der Waals surface area contributed by atoms with Crippen molar-refractivity contribution in [1.29, 1.82) is 0 Å². The lowest BCUT2D eigenvalue weighted by molar-refractivity contribution is -0.138. The van der Waals surface area contributed by atoms with Crippen LogP contribution in [0.15, 0.2) is 0 Å². The number of hydrogen-bond donors (Lipinski definition) is 2. The number of unbranched alkanes of at least 4 members (excludes halogenated alkanes) is 1. The maximum Gasteiger partial charge on any atom is 0.389 e. The van der Waals surface area contributed by atoms with Crippen LogP contribution in [0.5, 0.6) is 0 Å². The lowest BCUT2D eigenvalue weighted by Gasteiger charge is -2.21. The molecule has 2 N–H and O–H groups in total. The molecule has 0 aromatic rings. The minimum atomic E-state index is -4.18. The standard InChI is InChI=1S/C12H19F3N2O3/c13-12(14,15)5-1-2-6-16-11(20)17(8-10(18)19)7-9-3-4-9/h9H,1-8H2,(H,16,20)(H,18,19). The number of aliphatic carboxylic acids is 1. The molecule has 0 aromatic carbocycles. The molecule has 0 spiro atoms. The lowest BCUT2D eigenvalue weighted by atomic mass is 10.2. The van der Waals surface area contributed by atoms with Crippen molar-refractivity contribution in [3.05, 3.63) is 0 Å². The first-order valence-corrected chi connectivity index (χ1v) is 6.59. The fourth-order valence-electron chi connectivity index (χ4n) is 1.75. The largest absolute Gasteiger partial charge is 0.480 e. The first kappa shape index (κ1) is 16.6. The molecule has 0 unspecified atom stereocenters. The van der Waals surface area contributed by atoms with E-state index in [-0.39, 0.29) is 25.9 Å². The summed E-state index contributed by atoms with van der Waals surface area (Å²) in [4.78, 5) is 23.6. The average Bonchev–Trinajstić information content (AvgIpc) is 3.09. The quantitative estimate of drug-likeness (QED) is 0.675. The molecule has 0 atom stereocenters. The van der Waals surface area contributed by atoms with E-state index in [0.717, 1.165) is 12.8 Å². The Bertz CT molecular complexity index is 343. The van der Waals surface area contributed by atoms with Crippen LogP contribution in [0.2, 0.25) is 0 Å². The molecule has 1 fully saturated rings. The highest BCUT2D eigenvalue weighted by atomic mass is 19.4. The van der Waals surface area contributed by atoms with Gasteiger partial charge in [0.25, 0.3) is 0 Å². The molecule has 0 saturated heterocycles. The number of urea groups is 1. The summed E-state index contributed by atoms with van der Waals surface area (Å²) in [5.41, 5.74) is 0. The van der Waals surface area contributed by atoms with Gasteiger partial charge in [0.15, 0.2) is 0 Å². The van der Waals surface area contributed by atoms with E-state index in [1.165, 1.54) is 4.90 Å². The Hall–Kier alpha value is -1.47. The average molecular weight is 296 g/mol. The Morgan fingerprint density at radius 3 is 2.40 bits per heavy atom. The van der Waals surface area contributed by atoms with Gasteiger partial charge in [0.2, 0.25) is 0 Å². The minimum Gasteiger partial charge on any atom is -0.480 e. The number of hydrogen-bond acceptors (Lipinski definition) is 2. The SMILES string of the molecule is O=C(O)CN(CC1CC1)C(=O)NCCCCC(F)(F)F.